The van der Waals surface area contributed by atoms with Crippen LogP contribution in [-0.4, -0.2) is 22.5 Å². The van der Waals surface area contributed by atoms with Gasteiger partial charge < -0.3 is 30.2 Å². The van der Waals surface area contributed by atoms with E-state index in [1.165, 1.54) is 0 Å². The van der Waals surface area contributed by atoms with Gasteiger partial charge in [0.2, 0.25) is 0 Å². The van der Waals surface area contributed by atoms with E-state index in [1.54, 1.807) is 31.2 Å². The molecule has 0 fully saturated rings. The molecule has 0 radical (unpaired) electrons. The summed E-state index contributed by atoms with van der Waals surface area (Å²) in [5.41, 5.74) is 0. The Morgan fingerprint density at radius 1 is 1.20 bits per heavy atom. The molecule has 1 aromatic heterocycles. The first-order chi connectivity index (χ1) is 4.50. The van der Waals surface area contributed by atoms with E-state index in [0.29, 0.717) is 0 Å². The Bertz CT molecular complexity index is 74.1. The third-order valence-electron chi connectivity index (χ3n) is 0.406. The molecule has 54 valence electrons. The summed E-state index contributed by atoms with van der Waals surface area (Å²) >= 11 is 8.17. The minimum atomic E-state index is 0. The first kappa shape index (κ1) is 16.9. The van der Waals surface area contributed by atoms with E-state index < -0.39 is 0 Å². The van der Waals surface area contributed by atoms with Gasteiger partial charge in [-0.15, -0.1) is 0 Å². The number of imidazole rings is 1. The number of hydrogen-bond acceptors (Lipinski definition) is 3. The van der Waals surface area contributed by atoms with E-state index in [1.807, 2.05) is 0 Å². The second-order valence-corrected chi connectivity index (χ2v) is 0.761. The molecule has 5 heteroatoms. The number of aromatic amines is 1. The molecular formula is C5H10N2S2Zn. The summed E-state index contributed by atoms with van der Waals surface area (Å²) in [4.78, 5) is 6.42. The molecule has 0 saturated heterocycles. The van der Waals surface area contributed by atoms with E-state index in [4.69, 9.17) is 0 Å². The van der Waals surface area contributed by atoms with Gasteiger partial charge in [0.05, 0.1) is 6.33 Å². The van der Waals surface area contributed by atoms with Gasteiger partial charge in [-0.3, -0.25) is 0 Å². The zero-order valence-electron chi connectivity index (χ0n) is 6.20. The molecule has 1 aromatic rings. The number of H-pyrrole nitrogens is 1. The van der Waals surface area contributed by atoms with Gasteiger partial charge in [-0.25, -0.2) is 4.98 Å². The van der Waals surface area contributed by atoms with Crippen molar-refractivity contribution in [3.63, 3.8) is 0 Å². The maximum atomic E-state index is 4.08. The molecular weight excluding hydrogens is 218 g/mol. The van der Waals surface area contributed by atoms with E-state index in [-0.39, 0.29) is 19.5 Å². The van der Waals surface area contributed by atoms with Gasteiger partial charge in [-0.05, 0) is 0 Å². The van der Waals surface area contributed by atoms with Crippen molar-refractivity contribution in [3.8, 4) is 0 Å². The number of rotatable bonds is 0. The molecule has 0 aromatic carbocycles. The minimum Gasteiger partial charge on any atom is -0.796 e. The molecule has 1 heterocycles. The fraction of sp³-hybridized carbons (Fsp3) is 0.400. The topological polar surface area (TPSA) is 28.7 Å². The smallest absolute Gasteiger partial charge is 0.796 e. The van der Waals surface area contributed by atoms with Gasteiger partial charge in [0.25, 0.3) is 0 Å². The van der Waals surface area contributed by atoms with Crippen molar-refractivity contribution in [1.29, 1.82) is 0 Å². The summed E-state index contributed by atoms with van der Waals surface area (Å²) in [5.74, 6) is 0. The van der Waals surface area contributed by atoms with Crippen LogP contribution >= 0.6 is 0 Å². The molecule has 1 N–H and O–H groups in total. The molecule has 10 heavy (non-hydrogen) atoms. The standard InChI is InChI=1S/C3H4N2.2CH4S.Zn/c1-2-5-3-4-1;2*1-2;/h1-3H,(H,4,5);2*2H,1H3;/q;;;+2/p-2. The summed E-state index contributed by atoms with van der Waals surface area (Å²) in [5, 5.41) is 0. The van der Waals surface area contributed by atoms with Crippen molar-refractivity contribution in [3.05, 3.63) is 18.7 Å². The largest absolute Gasteiger partial charge is 2.00 e. The monoisotopic (exact) mass is 226 g/mol. The van der Waals surface area contributed by atoms with Crippen LogP contribution in [0.2, 0.25) is 0 Å². The average Bonchev–Trinajstić information content (AvgIpc) is 2.51. The molecule has 0 aliphatic carbocycles. The van der Waals surface area contributed by atoms with Gasteiger partial charge in [0.15, 0.2) is 0 Å². The zero-order chi connectivity index (χ0) is 7.54. The number of hydrogen-bond donors (Lipinski definition) is 1. The normalized spacial score (nSPS) is 5.20. The van der Waals surface area contributed by atoms with Gasteiger partial charge in [0.1, 0.15) is 0 Å². The first-order valence-corrected chi connectivity index (χ1v) is 3.88. The van der Waals surface area contributed by atoms with Gasteiger partial charge in [-0.1, -0.05) is 0 Å². The summed E-state index contributed by atoms with van der Waals surface area (Å²) in [7, 11) is 0. The second kappa shape index (κ2) is 22.7. The first-order valence-electron chi connectivity index (χ1n) is 2.24. The van der Waals surface area contributed by atoms with E-state index in [9.17, 15) is 0 Å². The van der Waals surface area contributed by atoms with Crippen LogP contribution in [0.15, 0.2) is 18.7 Å². The number of nitrogens with one attached hydrogen (secondary N) is 1. The van der Waals surface area contributed by atoms with Crippen LogP contribution in [0, 0.1) is 0 Å². The quantitative estimate of drug-likeness (QED) is 0.524. The predicted octanol–water partition coefficient (Wildman–Crippen LogP) is 0.733. The second-order valence-electron chi connectivity index (χ2n) is 0.761. The van der Waals surface area contributed by atoms with Crippen molar-refractivity contribution in [2.45, 2.75) is 0 Å². The van der Waals surface area contributed by atoms with Crippen LogP contribution in [0.4, 0.5) is 0 Å². The van der Waals surface area contributed by atoms with Crippen molar-refractivity contribution in [2.75, 3.05) is 12.5 Å². The summed E-state index contributed by atoms with van der Waals surface area (Å²) in [6.07, 6.45) is 8.25. The summed E-state index contributed by atoms with van der Waals surface area (Å²) in [6, 6.07) is 0. The van der Waals surface area contributed by atoms with E-state index in [2.05, 4.69) is 35.2 Å². The maximum absolute atomic E-state index is 4.08. The Hall–Kier alpha value is 0.533. The molecule has 2 nitrogen and oxygen atoms in total. The molecule has 0 bridgehead atoms. The number of nitrogens with zero attached hydrogens (tertiary/aromatic N) is 1. The van der Waals surface area contributed by atoms with Crippen LogP contribution in [-0.2, 0) is 44.7 Å². The van der Waals surface area contributed by atoms with Crippen molar-refractivity contribution < 1.29 is 19.5 Å². The molecule has 0 unspecified atom stereocenters. The molecule has 0 amide bonds. The molecule has 0 spiro atoms. The maximum Gasteiger partial charge on any atom is 2.00 e. The average molecular weight is 228 g/mol. The predicted molar refractivity (Wildman–Crippen MR) is 45.2 cm³/mol. The van der Waals surface area contributed by atoms with Crippen LogP contribution in [0.3, 0.4) is 0 Å². The Kier molecular flexibility index (Phi) is 38.2. The molecule has 0 atom stereocenters. The third-order valence-corrected chi connectivity index (χ3v) is 0.406. The summed E-state index contributed by atoms with van der Waals surface area (Å²) < 4.78 is 0. The Balaban J connectivity index is -0.0000000875. The fourth-order valence-corrected chi connectivity index (χ4v) is 0.215. The van der Waals surface area contributed by atoms with Crippen LogP contribution in [0.25, 0.3) is 0 Å². The Labute approximate surface area is 85.8 Å². The zero-order valence-corrected chi connectivity index (χ0v) is 10.8. The van der Waals surface area contributed by atoms with E-state index >= 15 is 0 Å². The molecule has 1 rings (SSSR count). The Morgan fingerprint density at radius 2 is 1.70 bits per heavy atom. The third kappa shape index (κ3) is 15.8. The van der Waals surface area contributed by atoms with Gasteiger partial charge in [-0.2, -0.15) is 12.5 Å². The SMILES string of the molecule is C[S-].C[S-].[Zn+2].c1c[nH]cn1. The van der Waals surface area contributed by atoms with Crippen molar-refractivity contribution in [2.24, 2.45) is 0 Å². The van der Waals surface area contributed by atoms with Gasteiger partial charge in [0, 0.05) is 12.4 Å². The Morgan fingerprint density at radius 3 is 1.80 bits per heavy atom. The van der Waals surface area contributed by atoms with Crippen LogP contribution in [0.1, 0.15) is 0 Å². The van der Waals surface area contributed by atoms with E-state index in [0.717, 1.165) is 0 Å². The molecule has 0 aliphatic rings. The molecule has 0 aliphatic heterocycles. The molecule has 0 saturated carbocycles. The summed E-state index contributed by atoms with van der Waals surface area (Å²) in [6.45, 7) is 0. The van der Waals surface area contributed by atoms with Gasteiger partial charge >= 0.3 is 19.5 Å². The van der Waals surface area contributed by atoms with Crippen molar-refractivity contribution in [1.82, 2.24) is 9.97 Å². The number of aromatic nitrogens is 2. The fourth-order valence-electron chi connectivity index (χ4n) is 0.215. The van der Waals surface area contributed by atoms with Crippen molar-refractivity contribution >= 4 is 25.3 Å². The van der Waals surface area contributed by atoms with Crippen LogP contribution in [0.5, 0.6) is 0 Å². The van der Waals surface area contributed by atoms with Crippen LogP contribution < -0.4 is 0 Å². The minimum absolute atomic E-state index is 0.